The molecule has 0 bridgehead atoms. The molecule has 2 aromatic rings. The molecular formula is C14H12BrFO2. The second-order valence-electron chi connectivity index (χ2n) is 3.54. The minimum absolute atomic E-state index is 0.187. The van der Waals surface area contributed by atoms with Gasteiger partial charge in [0.25, 0.3) is 0 Å². The third kappa shape index (κ3) is 3.47. The fourth-order valence-corrected chi connectivity index (χ4v) is 1.59. The Kier molecular flexibility index (Phi) is 4.59. The summed E-state index contributed by atoms with van der Waals surface area (Å²) in [6, 6.07) is 13.7. The van der Waals surface area contributed by atoms with Gasteiger partial charge in [0.2, 0.25) is 0 Å². The third-order valence-electron chi connectivity index (χ3n) is 2.22. The summed E-state index contributed by atoms with van der Waals surface area (Å²) >= 11 is 3.24. The molecule has 94 valence electrons. The maximum absolute atomic E-state index is 13.7. The van der Waals surface area contributed by atoms with E-state index in [1.165, 1.54) is 6.07 Å². The fraction of sp³-hybridized carbons (Fsp3) is 0.143. The first-order valence-electron chi connectivity index (χ1n) is 5.51. The van der Waals surface area contributed by atoms with Crippen molar-refractivity contribution in [2.24, 2.45) is 0 Å². The van der Waals surface area contributed by atoms with Crippen LogP contribution in [0.15, 0.2) is 48.5 Å². The number of rotatable bonds is 5. The summed E-state index contributed by atoms with van der Waals surface area (Å²) in [6.07, 6.45) is 0. The summed E-state index contributed by atoms with van der Waals surface area (Å²) in [7, 11) is 0. The van der Waals surface area contributed by atoms with E-state index < -0.39 is 5.82 Å². The van der Waals surface area contributed by atoms with E-state index in [1.807, 2.05) is 18.2 Å². The van der Waals surface area contributed by atoms with Crippen molar-refractivity contribution in [3.05, 3.63) is 54.3 Å². The largest absolute Gasteiger partial charge is 0.493 e. The highest BCUT2D eigenvalue weighted by molar-refractivity contribution is 9.09. The molecule has 0 unspecified atom stereocenters. The Labute approximate surface area is 113 Å². The summed E-state index contributed by atoms with van der Waals surface area (Å²) < 4.78 is 24.5. The second-order valence-corrected chi connectivity index (χ2v) is 4.34. The maximum atomic E-state index is 13.7. The molecule has 0 aliphatic rings. The van der Waals surface area contributed by atoms with Gasteiger partial charge in [0, 0.05) is 11.4 Å². The van der Waals surface area contributed by atoms with Crippen LogP contribution in [0.3, 0.4) is 0 Å². The lowest BCUT2D eigenvalue weighted by atomic mass is 10.3. The zero-order chi connectivity index (χ0) is 12.8. The predicted molar refractivity (Wildman–Crippen MR) is 72.2 cm³/mol. The van der Waals surface area contributed by atoms with Crippen molar-refractivity contribution in [1.29, 1.82) is 0 Å². The van der Waals surface area contributed by atoms with Crippen molar-refractivity contribution in [1.82, 2.24) is 0 Å². The van der Waals surface area contributed by atoms with Crippen LogP contribution < -0.4 is 9.47 Å². The lowest BCUT2D eigenvalue weighted by Crippen LogP contribution is -1.98. The van der Waals surface area contributed by atoms with Gasteiger partial charge in [-0.05, 0) is 24.3 Å². The molecule has 2 aromatic carbocycles. The van der Waals surface area contributed by atoms with E-state index in [4.69, 9.17) is 9.47 Å². The number of alkyl halides is 1. The lowest BCUT2D eigenvalue weighted by Gasteiger charge is -2.08. The SMILES string of the molecule is Fc1cc(OCCBr)ccc1Oc1ccccc1. The number of halogens is 2. The number of ether oxygens (including phenoxy) is 2. The first kappa shape index (κ1) is 12.9. The van der Waals surface area contributed by atoms with Crippen molar-refractivity contribution in [3.63, 3.8) is 0 Å². The van der Waals surface area contributed by atoms with Gasteiger partial charge in [-0.3, -0.25) is 0 Å². The molecule has 0 amide bonds. The van der Waals surface area contributed by atoms with Gasteiger partial charge in [0.05, 0.1) is 6.61 Å². The van der Waals surface area contributed by atoms with Crippen LogP contribution in [0.1, 0.15) is 0 Å². The summed E-state index contributed by atoms with van der Waals surface area (Å²) in [5, 5.41) is 0.705. The van der Waals surface area contributed by atoms with Gasteiger partial charge in [0.1, 0.15) is 11.5 Å². The van der Waals surface area contributed by atoms with E-state index in [9.17, 15) is 4.39 Å². The van der Waals surface area contributed by atoms with Gasteiger partial charge >= 0.3 is 0 Å². The molecule has 0 aromatic heterocycles. The van der Waals surface area contributed by atoms with Crippen molar-refractivity contribution in [3.8, 4) is 17.2 Å². The van der Waals surface area contributed by atoms with Crippen molar-refractivity contribution >= 4 is 15.9 Å². The van der Waals surface area contributed by atoms with E-state index >= 15 is 0 Å². The molecule has 0 spiro atoms. The zero-order valence-corrected chi connectivity index (χ0v) is 11.2. The van der Waals surface area contributed by atoms with Gasteiger partial charge in [-0.2, -0.15) is 0 Å². The Balaban J connectivity index is 2.10. The Bertz CT molecular complexity index is 502. The normalized spacial score (nSPS) is 10.1. The van der Waals surface area contributed by atoms with Crippen molar-refractivity contribution < 1.29 is 13.9 Å². The standard InChI is InChI=1S/C14H12BrFO2/c15-8-9-17-12-6-7-14(13(16)10-12)18-11-4-2-1-3-5-11/h1-7,10H,8-9H2. The predicted octanol–water partition coefficient (Wildman–Crippen LogP) is 4.39. The molecule has 0 radical (unpaired) electrons. The zero-order valence-electron chi connectivity index (χ0n) is 9.61. The summed E-state index contributed by atoms with van der Waals surface area (Å²) in [5.41, 5.74) is 0. The monoisotopic (exact) mass is 310 g/mol. The van der Waals surface area contributed by atoms with Crippen molar-refractivity contribution in [2.45, 2.75) is 0 Å². The lowest BCUT2D eigenvalue weighted by molar-refractivity contribution is 0.341. The van der Waals surface area contributed by atoms with Crippen LogP contribution >= 0.6 is 15.9 Å². The Morgan fingerprint density at radius 3 is 2.44 bits per heavy atom. The van der Waals surface area contributed by atoms with Crippen LogP contribution in [0, 0.1) is 5.82 Å². The Morgan fingerprint density at radius 2 is 1.78 bits per heavy atom. The average molecular weight is 311 g/mol. The fourth-order valence-electron chi connectivity index (χ4n) is 1.43. The average Bonchev–Trinajstić information content (AvgIpc) is 2.40. The first-order chi connectivity index (χ1) is 8.79. The van der Waals surface area contributed by atoms with Crippen LogP contribution in [-0.4, -0.2) is 11.9 Å². The molecule has 0 N–H and O–H groups in total. The minimum atomic E-state index is -0.439. The van der Waals surface area contributed by atoms with E-state index in [0.29, 0.717) is 23.4 Å². The summed E-state index contributed by atoms with van der Waals surface area (Å²) in [4.78, 5) is 0. The number of benzene rings is 2. The third-order valence-corrected chi connectivity index (χ3v) is 2.54. The van der Waals surface area contributed by atoms with E-state index in [-0.39, 0.29) is 5.75 Å². The van der Waals surface area contributed by atoms with Gasteiger partial charge in [0.15, 0.2) is 11.6 Å². The molecule has 0 fully saturated rings. The van der Waals surface area contributed by atoms with E-state index in [2.05, 4.69) is 15.9 Å². The highest BCUT2D eigenvalue weighted by Gasteiger charge is 2.06. The van der Waals surface area contributed by atoms with Crippen LogP contribution in [0.2, 0.25) is 0 Å². The molecule has 2 nitrogen and oxygen atoms in total. The van der Waals surface area contributed by atoms with Crippen LogP contribution in [-0.2, 0) is 0 Å². The first-order valence-corrected chi connectivity index (χ1v) is 6.63. The second kappa shape index (κ2) is 6.40. The Hall–Kier alpha value is -1.55. The molecule has 0 saturated heterocycles. The Morgan fingerprint density at radius 1 is 1.00 bits per heavy atom. The maximum Gasteiger partial charge on any atom is 0.169 e. The molecule has 0 heterocycles. The van der Waals surface area contributed by atoms with Gasteiger partial charge in [-0.25, -0.2) is 4.39 Å². The van der Waals surface area contributed by atoms with Crippen LogP contribution in [0.25, 0.3) is 0 Å². The molecule has 0 atom stereocenters. The molecule has 4 heteroatoms. The molecule has 0 aliphatic heterocycles. The topological polar surface area (TPSA) is 18.5 Å². The van der Waals surface area contributed by atoms with E-state index in [0.717, 1.165) is 0 Å². The van der Waals surface area contributed by atoms with Gasteiger partial charge in [-0.15, -0.1) is 0 Å². The minimum Gasteiger partial charge on any atom is -0.493 e. The molecule has 18 heavy (non-hydrogen) atoms. The van der Waals surface area contributed by atoms with E-state index in [1.54, 1.807) is 24.3 Å². The summed E-state index contributed by atoms with van der Waals surface area (Å²) in [6.45, 7) is 0.498. The molecular weight excluding hydrogens is 299 g/mol. The highest BCUT2D eigenvalue weighted by Crippen LogP contribution is 2.27. The summed E-state index contributed by atoms with van der Waals surface area (Å²) in [5.74, 6) is 0.844. The van der Waals surface area contributed by atoms with Gasteiger partial charge in [-0.1, -0.05) is 34.1 Å². The number of hydrogen-bond acceptors (Lipinski definition) is 2. The molecule has 0 aliphatic carbocycles. The highest BCUT2D eigenvalue weighted by atomic mass is 79.9. The van der Waals surface area contributed by atoms with Gasteiger partial charge < -0.3 is 9.47 Å². The van der Waals surface area contributed by atoms with Crippen LogP contribution in [0.4, 0.5) is 4.39 Å². The molecule has 0 saturated carbocycles. The molecule has 2 rings (SSSR count). The number of hydrogen-bond donors (Lipinski definition) is 0. The van der Waals surface area contributed by atoms with Crippen LogP contribution in [0.5, 0.6) is 17.2 Å². The smallest absolute Gasteiger partial charge is 0.169 e. The van der Waals surface area contributed by atoms with Crippen molar-refractivity contribution in [2.75, 3.05) is 11.9 Å². The quantitative estimate of drug-likeness (QED) is 0.762. The number of para-hydroxylation sites is 1.